The number of aromatic nitrogens is 2. The Hall–Kier alpha value is -2.18. The fourth-order valence-corrected chi connectivity index (χ4v) is 5.52. The van der Waals surface area contributed by atoms with Crippen molar-refractivity contribution in [3.05, 3.63) is 47.0 Å². The fraction of sp³-hybridized carbons (Fsp3) is 0.615. The van der Waals surface area contributed by atoms with Crippen LogP contribution in [0.3, 0.4) is 0 Å². The SMILES string of the molecule is Cc1nc2c(n1CC1(c3ccc(OCCCN4CCCC4)cc3)CCOCC1)CCN=C2. The Kier molecular flexibility index (Phi) is 6.60. The molecular formula is C26H36N4O2. The van der Waals surface area contributed by atoms with Crippen molar-refractivity contribution < 1.29 is 9.47 Å². The number of aryl methyl sites for hydroxylation is 1. The van der Waals surface area contributed by atoms with E-state index in [1.54, 1.807) is 0 Å². The van der Waals surface area contributed by atoms with Crippen molar-refractivity contribution in [2.45, 2.75) is 57.4 Å². The standard InChI is InChI=1S/C26H36N4O2/c1-21-28-24-19-27-12-9-25(24)30(21)20-26(10-17-31-18-11-26)22-5-7-23(8-6-22)32-16-4-15-29-13-2-3-14-29/h5-8,19H,2-4,9-18,20H2,1H3. The van der Waals surface area contributed by atoms with E-state index in [0.29, 0.717) is 0 Å². The largest absolute Gasteiger partial charge is 0.494 e. The quantitative estimate of drug-likeness (QED) is 0.591. The molecule has 1 aromatic carbocycles. The van der Waals surface area contributed by atoms with E-state index in [1.165, 1.54) is 37.2 Å². The van der Waals surface area contributed by atoms with Gasteiger partial charge in [-0.05, 0) is 69.8 Å². The first kappa shape index (κ1) is 21.7. The van der Waals surface area contributed by atoms with Gasteiger partial charge in [0.1, 0.15) is 17.3 Å². The highest BCUT2D eigenvalue weighted by Gasteiger charge is 2.36. The molecule has 2 aromatic rings. The zero-order valence-corrected chi connectivity index (χ0v) is 19.4. The highest BCUT2D eigenvalue weighted by atomic mass is 16.5. The summed E-state index contributed by atoms with van der Waals surface area (Å²) in [5.41, 5.74) is 3.84. The minimum Gasteiger partial charge on any atom is -0.494 e. The third-order valence-electron chi connectivity index (χ3n) is 7.45. The van der Waals surface area contributed by atoms with E-state index >= 15 is 0 Å². The van der Waals surface area contributed by atoms with Crippen LogP contribution in [0.15, 0.2) is 29.3 Å². The number of hydrogen-bond acceptors (Lipinski definition) is 5. The van der Waals surface area contributed by atoms with Crippen molar-refractivity contribution in [1.82, 2.24) is 14.5 Å². The molecule has 2 saturated heterocycles. The smallest absolute Gasteiger partial charge is 0.119 e. The minimum atomic E-state index is 0.0698. The van der Waals surface area contributed by atoms with E-state index in [1.807, 2.05) is 6.21 Å². The maximum Gasteiger partial charge on any atom is 0.119 e. The van der Waals surface area contributed by atoms with Crippen molar-refractivity contribution in [3.63, 3.8) is 0 Å². The highest BCUT2D eigenvalue weighted by molar-refractivity contribution is 5.79. The summed E-state index contributed by atoms with van der Waals surface area (Å²) in [5, 5.41) is 0. The van der Waals surface area contributed by atoms with E-state index in [9.17, 15) is 0 Å². The van der Waals surface area contributed by atoms with Gasteiger partial charge in [-0.3, -0.25) is 4.99 Å². The van der Waals surface area contributed by atoms with E-state index < -0.39 is 0 Å². The highest BCUT2D eigenvalue weighted by Crippen LogP contribution is 2.38. The second kappa shape index (κ2) is 9.75. The number of hydrogen-bond donors (Lipinski definition) is 0. The summed E-state index contributed by atoms with van der Waals surface area (Å²) in [5.74, 6) is 2.07. The van der Waals surface area contributed by atoms with Crippen LogP contribution in [0.1, 0.15) is 54.9 Å². The van der Waals surface area contributed by atoms with Crippen molar-refractivity contribution >= 4 is 6.21 Å². The third kappa shape index (κ3) is 4.62. The van der Waals surface area contributed by atoms with Crippen molar-refractivity contribution in [1.29, 1.82) is 0 Å². The summed E-state index contributed by atoms with van der Waals surface area (Å²) < 4.78 is 14.3. The number of likely N-dealkylation sites (tertiary alicyclic amines) is 1. The van der Waals surface area contributed by atoms with Crippen molar-refractivity contribution in [2.75, 3.05) is 46.0 Å². The number of ether oxygens (including phenoxy) is 2. The van der Waals surface area contributed by atoms with Gasteiger partial charge in [0.05, 0.1) is 6.61 Å². The predicted octanol–water partition coefficient (Wildman–Crippen LogP) is 3.78. The lowest BCUT2D eigenvalue weighted by Crippen LogP contribution is -2.38. The second-order valence-corrected chi connectivity index (χ2v) is 9.53. The van der Waals surface area contributed by atoms with Gasteiger partial charge in [0.2, 0.25) is 0 Å². The number of aliphatic imine (C=N–C) groups is 1. The van der Waals surface area contributed by atoms with E-state index in [-0.39, 0.29) is 5.41 Å². The average molecular weight is 437 g/mol. The van der Waals surface area contributed by atoms with Crippen LogP contribution in [0.5, 0.6) is 5.75 Å². The van der Waals surface area contributed by atoms with Crippen molar-refractivity contribution in [2.24, 2.45) is 4.99 Å². The molecule has 0 radical (unpaired) electrons. The second-order valence-electron chi connectivity index (χ2n) is 9.53. The maximum absolute atomic E-state index is 6.06. The third-order valence-corrected chi connectivity index (χ3v) is 7.45. The van der Waals surface area contributed by atoms with Crippen LogP contribution in [0.25, 0.3) is 0 Å². The van der Waals surface area contributed by atoms with Crippen LogP contribution in [-0.4, -0.2) is 66.7 Å². The Morgan fingerprint density at radius 3 is 2.66 bits per heavy atom. The molecule has 2 fully saturated rings. The van der Waals surface area contributed by atoms with Gasteiger partial charge in [0, 0.05) is 56.6 Å². The molecule has 0 atom stereocenters. The number of nitrogens with zero attached hydrogens (tertiary/aromatic N) is 4. The molecule has 3 aliphatic heterocycles. The Labute approximate surface area is 191 Å². The number of rotatable bonds is 8. The summed E-state index contributed by atoms with van der Waals surface area (Å²) in [6.45, 7) is 10.0. The van der Waals surface area contributed by atoms with E-state index in [0.717, 1.165) is 82.4 Å². The molecule has 0 spiro atoms. The van der Waals surface area contributed by atoms with Gasteiger partial charge in [-0.15, -0.1) is 0 Å². The lowest BCUT2D eigenvalue weighted by Gasteiger charge is -2.39. The number of imidazole rings is 1. The van der Waals surface area contributed by atoms with Gasteiger partial charge in [0.15, 0.2) is 0 Å². The monoisotopic (exact) mass is 436 g/mol. The Bertz CT molecular complexity index is 922. The van der Waals surface area contributed by atoms with Crippen LogP contribution in [0, 0.1) is 6.92 Å². The predicted molar refractivity (Wildman–Crippen MR) is 127 cm³/mol. The molecule has 0 saturated carbocycles. The molecule has 4 heterocycles. The van der Waals surface area contributed by atoms with Crippen molar-refractivity contribution in [3.8, 4) is 5.75 Å². The molecule has 5 rings (SSSR count). The lowest BCUT2D eigenvalue weighted by atomic mass is 9.74. The van der Waals surface area contributed by atoms with Gasteiger partial charge < -0.3 is 18.9 Å². The molecule has 6 nitrogen and oxygen atoms in total. The molecule has 0 unspecified atom stereocenters. The molecule has 0 amide bonds. The normalized spacial score (nSPS) is 20.4. The molecule has 0 bridgehead atoms. The zero-order chi connectivity index (χ0) is 21.8. The first-order chi connectivity index (χ1) is 15.7. The zero-order valence-electron chi connectivity index (χ0n) is 19.4. The van der Waals surface area contributed by atoms with E-state index in [2.05, 4.69) is 45.6 Å². The lowest BCUT2D eigenvalue weighted by molar-refractivity contribution is 0.0429. The molecule has 0 N–H and O–H groups in total. The molecule has 3 aliphatic rings. The van der Waals surface area contributed by atoms with Crippen LogP contribution >= 0.6 is 0 Å². The fourth-order valence-electron chi connectivity index (χ4n) is 5.52. The maximum atomic E-state index is 6.06. The number of benzene rings is 1. The van der Waals surface area contributed by atoms with Crippen LogP contribution in [-0.2, 0) is 23.1 Å². The molecular weight excluding hydrogens is 400 g/mol. The Balaban J connectivity index is 1.28. The Morgan fingerprint density at radius 1 is 1.09 bits per heavy atom. The molecule has 32 heavy (non-hydrogen) atoms. The summed E-state index contributed by atoms with van der Waals surface area (Å²) in [4.78, 5) is 11.8. The van der Waals surface area contributed by atoms with E-state index in [4.69, 9.17) is 14.5 Å². The van der Waals surface area contributed by atoms with Crippen LogP contribution in [0.2, 0.25) is 0 Å². The summed E-state index contributed by atoms with van der Waals surface area (Å²) >= 11 is 0. The molecule has 172 valence electrons. The minimum absolute atomic E-state index is 0.0698. The molecule has 1 aromatic heterocycles. The first-order valence-corrected chi connectivity index (χ1v) is 12.3. The summed E-state index contributed by atoms with van der Waals surface area (Å²) in [7, 11) is 0. The average Bonchev–Trinajstić information content (AvgIpc) is 3.46. The summed E-state index contributed by atoms with van der Waals surface area (Å²) in [6, 6.07) is 8.87. The van der Waals surface area contributed by atoms with Gasteiger partial charge in [0.25, 0.3) is 0 Å². The molecule has 6 heteroatoms. The van der Waals surface area contributed by atoms with Gasteiger partial charge >= 0.3 is 0 Å². The topological polar surface area (TPSA) is 51.9 Å². The summed E-state index contributed by atoms with van der Waals surface area (Å²) in [6.07, 6.45) is 8.77. The number of fused-ring (bicyclic) bond motifs is 1. The van der Waals surface area contributed by atoms with Crippen LogP contribution in [0.4, 0.5) is 0 Å². The van der Waals surface area contributed by atoms with Gasteiger partial charge in [-0.1, -0.05) is 12.1 Å². The first-order valence-electron chi connectivity index (χ1n) is 12.3. The van der Waals surface area contributed by atoms with Crippen LogP contribution < -0.4 is 4.74 Å². The van der Waals surface area contributed by atoms with Gasteiger partial charge in [-0.2, -0.15) is 0 Å². The van der Waals surface area contributed by atoms with Gasteiger partial charge in [-0.25, -0.2) is 4.98 Å². The Morgan fingerprint density at radius 2 is 1.88 bits per heavy atom. The molecule has 0 aliphatic carbocycles.